The maximum Gasteiger partial charge on any atom is 0.306 e. The molecule has 130 valence electrons. The molecule has 2 amide bonds. The van der Waals surface area contributed by atoms with Crippen LogP contribution in [0.1, 0.15) is 32.4 Å². The van der Waals surface area contributed by atoms with Crippen LogP contribution in [0.2, 0.25) is 0 Å². The first-order valence-electron chi connectivity index (χ1n) is 7.76. The van der Waals surface area contributed by atoms with Crippen LogP contribution in [0.4, 0.5) is 5.69 Å². The quantitative estimate of drug-likeness (QED) is 0.858. The Hall–Kier alpha value is -2.81. The van der Waals surface area contributed by atoms with Crippen LogP contribution in [-0.4, -0.2) is 51.1 Å². The summed E-state index contributed by atoms with van der Waals surface area (Å²) in [5, 5.41) is 19.5. The molecule has 0 bridgehead atoms. The highest BCUT2D eigenvalue weighted by molar-refractivity contribution is 7.15. The van der Waals surface area contributed by atoms with E-state index in [4.69, 9.17) is 5.11 Å². The average Bonchev–Trinajstić information content (AvgIpc) is 3.12. The number of piperidine rings is 1. The first-order chi connectivity index (χ1) is 12.0. The van der Waals surface area contributed by atoms with Crippen LogP contribution in [-0.2, 0) is 4.79 Å². The molecule has 0 saturated carbocycles. The summed E-state index contributed by atoms with van der Waals surface area (Å²) in [7, 11) is 0. The Balaban J connectivity index is 1.62. The molecule has 3 rings (SSSR count). The molecule has 8 nitrogen and oxygen atoms in total. The fraction of sp³-hybridized carbons (Fsp3) is 0.312. The van der Waals surface area contributed by atoms with Crippen LogP contribution in [0.5, 0.6) is 0 Å². The Morgan fingerprint density at radius 1 is 1.08 bits per heavy atom. The largest absolute Gasteiger partial charge is 0.481 e. The van der Waals surface area contributed by atoms with Gasteiger partial charge in [0.2, 0.25) is 10.0 Å². The lowest BCUT2D eigenvalue weighted by molar-refractivity contribution is -0.143. The second-order valence-electron chi connectivity index (χ2n) is 5.64. The molecular formula is C16H16N4O4S. The molecule has 1 fully saturated rings. The van der Waals surface area contributed by atoms with Gasteiger partial charge in [0.15, 0.2) is 0 Å². The number of hydrogen-bond donors (Lipinski definition) is 2. The van der Waals surface area contributed by atoms with E-state index >= 15 is 0 Å². The summed E-state index contributed by atoms with van der Waals surface area (Å²) in [6, 6.07) is 8.93. The third kappa shape index (κ3) is 4.00. The molecule has 1 aliphatic rings. The molecule has 2 N–H and O–H groups in total. The summed E-state index contributed by atoms with van der Waals surface area (Å²) in [6.45, 7) is 0.724. The summed E-state index contributed by atoms with van der Waals surface area (Å²) in [5.74, 6) is -1.99. The summed E-state index contributed by atoms with van der Waals surface area (Å²) >= 11 is 0.927. The normalized spacial score (nSPS) is 15.0. The van der Waals surface area contributed by atoms with E-state index in [2.05, 4.69) is 15.5 Å². The van der Waals surface area contributed by atoms with Gasteiger partial charge in [0.25, 0.3) is 11.8 Å². The van der Waals surface area contributed by atoms with E-state index in [1.807, 2.05) is 6.07 Å². The average molecular weight is 360 g/mol. The molecule has 0 spiro atoms. The summed E-state index contributed by atoms with van der Waals surface area (Å²) < 4.78 is 0. The fourth-order valence-electron chi connectivity index (χ4n) is 2.57. The Bertz CT molecular complexity index is 784. The zero-order chi connectivity index (χ0) is 17.8. The standard InChI is InChI=1S/C16H16N4O4S/c21-12(17-11-4-2-1-3-5-11)13-18-19-14(25-13)15(22)20-8-6-10(7-9-20)16(23)24/h1-5,10H,6-9H2,(H,17,21)(H,23,24). The SMILES string of the molecule is O=C(Nc1ccccc1)c1nnc(C(=O)N2CCC(C(=O)O)CC2)s1. The van der Waals surface area contributed by atoms with Crippen molar-refractivity contribution in [2.45, 2.75) is 12.8 Å². The van der Waals surface area contributed by atoms with Crippen LogP contribution in [0.25, 0.3) is 0 Å². The van der Waals surface area contributed by atoms with Crippen molar-refractivity contribution in [3.8, 4) is 0 Å². The number of aliphatic carboxylic acids is 1. The van der Waals surface area contributed by atoms with E-state index < -0.39 is 17.8 Å². The number of carboxylic acid groups (broad SMARTS) is 1. The van der Waals surface area contributed by atoms with E-state index in [1.54, 1.807) is 29.2 Å². The van der Waals surface area contributed by atoms with Gasteiger partial charge in [0.05, 0.1) is 5.92 Å². The number of carbonyl (C=O) groups excluding carboxylic acids is 2. The summed E-state index contributed by atoms with van der Waals surface area (Å²) in [5.41, 5.74) is 0.631. The van der Waals surface area contributed by atoms with Crippen molar-refractivity contribution in [1.29, 1.82) is 0 Å². The minimum atomic E-state index is -0.831. The van der Waals surface area contributed by atoms with Crippen LogP contribution < -0.4 is 5.32 Å². The molecule has 1 aromatic heterocycles. The van der Waals surface area contributed by atoms with Gasteiger partial charge >= 0.3 is 5.97 Å². The first kappa shape index (κ1) is 17.0. The summed E-state index contributed by atoms with van der Waals surface area (Å²) in [4.78, 5) is 37.1. The number of carboxylic acids is 1. The molecule has 2 aromatic rings. The van der Waals surface area contributed by atoms with Crippen molar-refractivity contribution >= 4 is 34.8 Å². The van der Waals surface area contributed by atoms with Gasteiger partial charge in [0, 0.05) is 18.8 Å². The number of aromatic nitrogens is 2. The Morgan fingerprint density at radius 2 is 1.72 bits per heavy atom. The fourth-order valence-corrected chi connectivity index (χ4v) is 3.28. The first-order valence-corrected chi connectivity index (χ1v) is 8.58. The number of rotatable bonds is 4. The highest BCUT2D eigenvalue weighted by Gasteiger charge is 2.29. The van der Waals surface area contributed by atoms with Crippen molar-refractivity contribution in [2.75, 3.05) is 18.4 Å². The lowest BCUT2D eigenvalue weighted by atomic mass is 9.97. The monoisotopic (exact) mass is 360 g/mol. The van der Waals surface area contributed by atoms with E-state index in [9.17, 15) is 14.4 Å². The highest BCUT2D eigenvalue weighted by atomic mass is 32.1. The number of amides is 2. The third-order valence-corrected chi connectivity index (χ3v) is 4.88. The number of benzene rings is 1. The third-order valence-electron chi connectivity index (χ3n) is 3.97. The number of nitrogens with zero attached hydrogens (tertiary/aromatic N) is 3. The van der Waals surface area contributed by atoms with Crippen LogP contribution in [0, 0.1) is 5.92 Å². The number of para-hydroxylation sites is 1. The van der Waals surface area contributed by atoms with E-state index in [0.717, 1.165) is 11.3 Å². The molecule has 0 atom stereocenters. The maximum atomic E-state index is 12.4. The van der Waals surface area contributed by atoms with Gasteiger partial charge in [-0.25, -0.2) is 0 Å². The van der Waals surface area contributed by atoms with Gasteiger partial charge in [-0.1, -0.05) is 29.5 Å². The molecule has 1 aromatic carbocycles. The molecule has 0 aliphatic carbocycles. The Labute approximate surface area is 147 Å². The molecule has 9 heteroatoms. The van der Waals surface area contributed by atoms with E-state index in [0.29, 0.717) is 31.6 Å². The smallest absolute Gasteiger partial charge is 0.306 e. The molecule has 2 heterocycles. The lowest BCUT2D eigenvalue weighted by Crippen LogP contribution is -2.40. The number of likely N-dealkylation sites (tertiary alicyclic amines) is 1. The second-order valence-corrected chi connectivity index (χ2v) is 6.61. The van der Waals surface area contributed by atoms with Gasteiger partial charge in [0.1, 0.15) is 0 Å². The van der Waals surface area contributed by atoms with Crippen LogP contribution >= 0.6 is 11.3 Å². The van der Waals surface area contributed by atoms with Gasteiger partial charge < -0.3 is 15.3 Å². The van der Waals surface area contributed by atoms with E-state index in [1.165, 1.54) is 0 Å². The van der Waals surface area contributed by atoms with Crippen molar-refractivity contribution < 1.29 is 19.5 Å². The molecule has 1 saturated heterocycles. The number of carbonyl (C=O) groups is 3. The maximum absolute atomic E-state index is 12.4. The van der Waals surface area contributed by atoms with Crippen molar-refractivity contribution in [3.05, 3.63) is 40.3 Å². The highest BCUT2D eigenvalue weighted by Crippen LogP contribution is 2.21. The predicted octanol–water partition coefficient (Wildman–Crippen LogP) is 1.73. The lowest BCUT2D eigenvalue weighted by Gasteiger charge is -2.29. The number of anilines is 1. The minimum absolute atomic E-state index is 0.104. The number of hydrogen-bond acceptors (Lipinski definition) is 6. The Kier molecular flexibility index (Phi) is 5.03. The van der Waals surface area contributed by atoms with Crippen molar-refractivity contribution in [2.24, 2.45) is 5.92 Å². The molecular weight excluding hydrogens is 344 g/mol. The second kappa shape index (κ2) is 7.39. The molecule has 1 aliphatic heterocycles. The molecule has 0 unspecified atom stereocenters. The van der Waals surface area contributed by atoms with Crippen molar-refractivity contribution in [1.82, 2.24) is 15.1 Å². The molecule has 25 heavy (non-hydrogen) atoms. The van der Waals surface area contributed by atoms with E-state index in [-0.39, 0.29) is 15.9 Å². The Morgan fingerprint density at radius 3 is 2.36 bits per heavy atom. The zero-order valence-corrected chi connectivity index (χ0v) is 14.0. The van der Waals surface area contributed by atoms with Gasteiger partial charge in [-0.15, -0.1) is 10.2 Å². The van der Waals surface area contributed by atoms with Gasteiger partial charge in [-0.3, -0.25) is 14.4 Å². The number of nitrogens with one attached hydrogen (secondary N) is 1. The minimum Gasteiger partial charge on any atom is -0.481 e. The van der Waals surface area contributed by atoms with Crippen LogP contribution in [0.15, 0.2) is 30.3 Å². The van der Waals surface area contributed by atoms with Crippen LogP contribution in [0.3, 0.4) is 0 Å². The summed E-state index contributed by atoms with van der Waals surface area (Å²) in [6.07, 6.45) is 0.836. The molecule has 0 radical (unpaired) electrons. The topological polar surface area (TPSA) is 112 Å². The zero-order valence-electron chi connectivity index (χ0n) is 13.2. The predicted molar refractivity (Wildman–Crippen MR) is 90.6 cm³/mol. The van der Waals surface area contributed by atoms with Crippen molar-refractivity contribution in [3.63, 3.8) is 0 Å². The van der Waals surface area contributed by atoms with Gasteiger partial charge in [-0.05, 0) is 25.0 Å². The van der Waals surface area contributed by atoms with Gasteiger partial charge in [-0.2, -0.15) is 0 Å².